The van der Waals surface area contributed by atoms with E-state index in [1.807, 2.05) is 13.8 Å². The van der Waals surface area contributed by atoms with Crippen molar-refractivity contribution in [2.24, 2.45) is 11.3 Å². The molecule has 1 aliphatic heterocycles. The van der Waals surface area contributed by atoms with Gasteiger partial charge in [-0.15, -0.1) is 0 Å². The fraction of sp³-hybridized carbons (Fsp3) is 0.750. The molecular formula is C12H19NO4. The van der Waals surface area contributed by atoms with E-state index < -0.39 is 17.4 Å². The van der Waals surface area contributed by atoms with Crippen molar-refractivity contribution >= 4 is 17.8 Å². The van der Waals surface area contributed by atoms with E-state index in [0.717, 1.165) is 4.90 Å². The number of hydrogen-bond donors (Lipinski definition) is 1. The minimum absolute atomic E-state index is 0.0910. The van der Waals surface area contributed by atoms with Gasteiger partial charge in [0.05, 0.1) is 5.41 Å². The fourth-order valence-electron chi connectivity index (χ4n) is 2.06. The van der Waals surface area contributed by atoms with Crippen LogP contribution in [0.2, 0.25) is 0 Å². The topological polar surface area (TPSA) is 74.7 Å². The van der Waals surface area contributed by atoms with Crippen LogP contribution >= 0.6 is 0 Å². The van der Waals surface area contributed by atoms with E-state index in [1.165, 1.54) is 0 Å². The minimum atomic E-state index is -1.11. The number of likely N-dealkylation sites (tertiary alicyclic amines) is 1. The summed E-state index contributed by atoms with van der Waals surface area (Å²) in [4.78, 5) is 35.9. The Bertz CT molecular complexity index is 360. The number of hydrogen-bond acceptors (Lipinski definition) is 3. The van der Waals surface area contributed by atoms with Gasteiger partial charge in [0.2, 0.25) is 11.8 Å². The van der Waals surface area contributed by atoms with Crippen LogP contribution < -0.4 is 0 Å². The van der Waals surface area contributed by atoms with E-state index in [1.54, 1.807) is 13.8 Å². The van der Waals surface area contributed by atoms with Crippen LogP contribution in [0.15, 0.2) is 0 Å². The van der Waals surface area contributed by atoms with Gasteiger partial charge >= 0.3 is 5.97 Å². The highest BCUT2D eigenvalue weighted by molar-refractivity contribution is 6.07. The van der Waals surface area contributed by atoms with Crippen molar-refractivity contribution < 1.29 is 19.5 Å². The van der Waals surface area contributed by atoms with E-state index in [-0.39, 0.29) is 24.2 Å². The fourth-order valence-corrected chi connectivity index (χ4v) is 2.06. The normalized spacial score (nSPS) is 21.1. The van der Waals surface area contributed by atoms with Crippen LogP contribution in [0.5, 0.6) is 0 Å². The van der Waals surface area contributed by atoms with Crippen molar-refractivity contribution in [3.8, 4) is 0 Å². The Balaban J connectivity index is 3.00. The van der Waals surface area contributed by atoms with Crippen LogP contribution in [0, 0.1) is 11.3 Å². The monoisotopic (exact) mass is 241 g/mol. The molecule has 0 saturated carbocycles. The number of rotatable bonds is 4. The Morgan fingerprint density at radius 1 is 1.41 bits per heavy atom. The van der Waals surface area contributed by atoms with Gasteiger partial charge in [0, 0.05) is 6.42 Å². The van der Waals surface area contributed by atoms with Gasteiger partial charge in [-0.05, 0) is 12.3 Å². The average Bonchev–Trinajstić information content (AvgIpc) is 2.33. The number of carboxylic acids is 1. The maximum atomic E-state index is 12.0. The molecule has 1 heterocycles. The van der Waals surface area contributed by atoms with Gasteiger partial charge in [-0.2, -0.15) is 0 Å². The molecule has 1 fully saturated rings. The number of amides is 2. The third-order valence-corrected chi connectivity index (χ3v) is 2.95. The van der Waals surface area contributed by atoms with Gasteiger partial charge < -0.3 is 5.11 Å². The first kappa shape index (κ1) is 13.7. The largest absolute Gasteiger partial charge is 0.480 e. The smallest absolute Gasteiger partial charge is 0.326 e. The Labute approximate surface area is 101 Å². The van der Waals surface area contributed by atoms with Crippen molar-refractivity contribution in [3.05, 3.63) is 0 Å². The average molecular weight is 241 g/mol. The molecule has 0 aromatic rings. The number of carboxylic acid groups (broad SMARTS) is 1. The maximum Gasteiger partial charge on any atom is 0.326 e. The van der Waals surface area contributed by atoms with Crippen molar-refractivity contribution in [3.63, 3.8) is 0 Å². The Hall–Kier alpha value is -1.39. The Morgan fingerprint density at radius 2 is 1.94 bits per heavy atom. The molecule has 0 bridgehead atoms. The van der Waals surface area contributed by atoms with Crippen LogP contribution in [0.25, 0.3) is 0 Å². The first-order valence-corrected chi connectivity index (χ1v) is 5.76. The zero-order chi connectivity index (χ0) is 13.4. The van der Waals surface area contributed by atoms with E-state index in [9.17, 15) is 14.4 Å². The molecule has 1 atom stereocenters. The van der Waals surface area contributed by atoms with Crippen molar-refractivity contribution in [2.45, 2.75) is 46.6 Å². The third kappa shape index (κ3) is 2.65. The number of imide groups is 1. The molecule has 0 radical (unpaired) electrons. The van der Waals surface area contributed by atoms with E-state index >= 15 is 0 Å². The van der Waals surface area contributed by atoms with Gasteiger partial charge in [0.1, 0.15) is 6.04 Å². The summed E-state index contributed by atoms with van der Waals surface area (Å²) < 4.78 is 0. The van der Waals surface area contributed by atoms with Crippen molar-refractivity contribution in [2.75, 3.05) is 0 Å². The van der Waals surface area contributed by atoms with Crippen molar-refractivity contribution in [1.29, 1.82) is 0 Å². The third-order valence-electron chi connectivity index (χ3n) is 2.95. The van der Waals surface area contributed by atoms with Crippen LogP contribution in [0.4, 0.5) is 0 Å². The second-order valence-corrected chi connectivity index (χ2v) is 5.61. The molecule has 1 aliphatic rings. The van der Waals surface area contributed by atoms with Crippen LogP contribution in [0.1, 0.15) is 40.5 Å². The van der Waals surface area contributed by atoms with Gasteiger partial charge in [0.15, 0.2) is 0 Å². The highest BCUT2D eigenvalue weighted by Crippen LogP contribution is 2.34. The molecule has 0 aromatic carbocycles. The number of aliphatic carboxylic acids is 1. The maximum absolute atomic E-state index is 12.0. The molecule has 1 N–H and O–H groups in total. The van der Waals surface area contributed by atoms with E-state index in [2.05, 4.69) is 0 Å². The summed E-state index contributed by atoms with van der Waals surface area (Å²) in [6.45, 7) is 7.07. The molecule has 0 spiro atoms. The lowest BCUT2D eigenvalue weighted by molar-refractivity contribution is -0.156. The summed E-state index contributed by atoms with van der Waals surface area (Å²) >= 11 is 0. The summed E-state index contributed by atoms with van der Waals surface area (Å²) in [5.74, 6) is -1.76. The van der Waals surface area contributed by atoms with E-state index in [0.29, 0.717) is 6.42 Å². The standard InChI is InChI=1S/C12H19NO4/c1-7(2)5-8(10(15)16)13-9(14)6-12(3,4)11(13)17/h7-8H,5-6H2,1-4H3,(H,15,16). The molecule has 1 rings (SSSR count). The van der Waals surface area contributed by atoms with Gasteiger partial charge in [-0.3, -0.25) is 14.5 Å². The van der Waals surface area contributed by atoms with Gasteiger partial charge in [-0.1, -0.05) is 27.7 Å². The molecule has 17 heavy (non-hydrogen) atoms. The summed E-state index contributed by atoms with van der Waals surface area (Å²) in [6.07, 6.45) is 0.386. The molecular weight excluding hydrogens is 222 g/mol. The first-order chi connectivity index (χ1) is 7.66. The predicted molar refractivity (Wildman–Crippen MR) is 61.1 cm³/mol. The lowest BCUT2D eigenvalue weighted by atomic mass is 9.92. The molecule has 5 nitrogen and oxygen atoms in total. The molecule has 0 aliphatic carbocycles. The number of carbonyl (C=O) groups excluding carboxylic acids is 2. The lowest BCUT2D eigenvalue weighted by Gasteiger charge is -2.25. The van der Waals surface area contributed by atoms with E-state index in [4.69, 9.17) is 5.11 Å². The molecule has 5 heteroatoms. The van der Waals surface area contributed by atoms with Crippen LogP contribution in [0.3, 0.4) is 0 Å². The molecule has 1 unspecified atom stereocenters. The summed E-state index contributed by atoms with van der Waals surface area (Å²) in [5.41, 5.74) is -0.776. The van der Waals surface area contributed by atoms with Gasteiger partial charge in [-0.25, -0.2) is 4.79 Å². The highest BCUT2D eigenvalue weighted by Gasteiger charge is 2.49. The Kier molecular flexibility index (Phi) is 3.59. The molecule has 1 saturated heterocycles. The molecule has 0 aromatic heterocycles. The molecule has 96 valence electrons. The summed E-state index contributed by atoms with van der Waals surface area (Å²) in [5, 5.41) is 9.14. The number of nitrogens with zero attached hydrogens (tertiary/aromatic N) is 1. The minimum Gasteiger partial charge on any atom is -0.480 e. The second kappa shape index (κ2) is 4.47. The highest BCUT2D eigenvalue weighted by atomic mass is 16.4. The second-order valence-electron chi connectivity index (χ2n) is 5.61. The summed E-state index contributed by atoms with van der Waals surface area (Å²) in [6, 6.07) is -1.03. The van der Waals surface area contributed by atoms with Crippen LogP contribution in [-0.2, 0) is 14.4 Å². The van der Waals surface area contributed by atoms with Gasteiger partial charge in [0.25, 0.3) is 0 Å². The lowest BCUT2D eigenvalue weighted by Crippen LogP contribution is -2.46. The zero-order valence-electron chi connectivity index (χ0n) is 10.7. The van der Waals surface area contributed by atoms with Crippen LogP contribution in [-0.4, -0.2) is 33.8 Å². The first-order valence-electron chi connectivity index (χ1n) is 5.76. The quantitative estimate of drug-likeness (QED) is 0.752. The zero-order valence-corrected chi connectivity index (χ0v) is 10.7. The predicted octanol–water partition coefficient (Wildman–Crippen LogP) is 1.27. The SMILES string of the molecule is CC(C)CC(C(=O)O)N1C(=O)CC(C)(C)C1=O. The summed E-state index contributed by atoms with van der Waals surface area (Å²) in [7, 11) is 0. The van der Waals surface area contributed by atoms with Crippen molar-refractivity contribution in [1.82, 2.24) is 4.90 Å². The Morgan fingerprint density at radius 3 is 2.24 bits per heavy atom. The molecule has 2 amide bonds. The number of carbonyl (C=O) groups is 3.